The van der Waals surface area contributed by atoms with Gasteiger partial charge in [-0.2, -0.15) is 0 Å². The van der Waals surface area contributed by atoms with Crippen LogP contribution in [0.1, 0.15) is 6.42 Å². The molecule has 1 aliphatic rings. The van der Waals surface area contributed by atoms with E-state index in [0.717, 1.165) is 22.8 Å². The van der Waals surface area contributed by atoms with Crippen LogP contribution in [-0.2, 0) is 0 Å². The topological polar surface area (TPSA) is 19.4 Å². The molecule has 0 spiro atoms. The molecule has 1 aromatic heterocycles. The molecule has 1 unspecified atom stereocenters. The lowest BCUT2D eigenvalue weighted by atomic mass is 10.1. The zero-order valence-electron chi connectivity index (χ0n) is 9.86. The van der Waals surface area contributed by atoms with Crippen molar-refractivity contribution in [3.8, 4) is 0 Å². The predicted octanol–water partition coefficient (Wildman–Crippen LogP) is 2.23. The SMILES string of the molecule is CN1CCC(CN(C)c2ncccc2Br)C1. The Bertz CT molecular complexity index is 356. The Morgan fingerprint density at radius 3 is 3.06 bits per heavy atom. The van der Waals surface area contributed by atoms with E-state index in [1.165, 1.54) is 19.5 Å². The Hall–Kier alpha value is -0.610. The summed E-state index contributed by atoms with van der Waals surface area (Å²) in [5.41, 5.74) is 0. The van der Waals surface area contributed by atoms with Crippen LogP contribution in [0.15, 0.2) is 22.8 Å². The minimum absolute atomic E-state index is 0.768. The van der Waals surface area contributed by atoms with Crippen LogP contribution in [-0.4, -0.2) is 43.6 Å². The van der Waals surface area contributed by atoms with Crippen LogP contribution in [0.3, 0.4) is 0 Å². The molecule has 0 radical (unpaired) electrons. The Morgan fingerprint density at radius 1 is 1.62 bits per heavy atom. The molecule has 88 valence electrons. The first-order valence-corrected chi connectivity index (χ1v) is 6.46. The number of hydrogen-bond donors (Lipinski definition) is 0. The van der Waals surface area contributed by atoms with Crippen molar-refractivity contribution < 1.29 is 0 Å². The van der Waals surface area contributed by atoms with E-state index in [9.17, 15) is 0 Å². The third kappa shape index (κ3) is 2.74. The molecule has 1 atom stereocenters. The second-order valence-electron chi connectivity index (χ2n) is 4.61. The van der Waals surface area contributed by atoms with Crippen LogP contribution in [0.2, 0.25) is 0 Å². The van der Waals surface area contributed by atoms with Gasteiger partial charge in [0.2, 0.25) is 0 Å². The summed E-state index contributed by atoms with van der Waals surface area (Å²) in [6.45, 7) is 3.51. The van der Waals surface area contributed by atoms with E-state index < -0.39 is 0 Å². The van der Waals surface area contributed by atoms with Crippen molar-refractivity contribution in [2.75, 3.05) is 38.6 Å². The van der Waals surface area contributed by atoms with Crippen LogP contribution >= 0.6 is 15.9 Å². The molecule has 0 aliphatic carbocycles. The van der Waals surface area contributed by atoms with Crippen LogP contribution < -0.4 is 4.90 Å². The molecule has 0 saturated carbocycles. The summed E-state index contributed by atoms with van der Waals surface area (Å²) in [6, 6.07) is 3.99. The zero-order valence-corrected chi connectivity index (χ0v) is 11.4. The van der Waals surface area contributed by atoms with E-state index in [2.05, 4.69) is 44.8 Å². The monoisotopic (exact) mass is 283 g/mol. The van der Waals surface area contributed by atoms with E-state index in [1.807, 2.05) is 18.3 Å². The highest BCUT2D eigenvalue weighted by Crippen LogP contribution is 2.24. The molecule has 3 nitrogen and oxygen atoms in total. The molecule has 0 aromatic carbocycles. The number of anilines is 1. The van der Waals surface area contributed by atoms with E-state index in [4.69, 9.17) is 0 Å². The molecule has 0 bridgehead atoms. The Labute approximate surface area is 106 Å². The van der Waals surface area contributed by atoms with Crippen molar-refractivity contribution in [1.29, 1.82) is 0 Å². The average Bonchev–Trinajstić information content (AvgIpc) is 2.64. The average molecular weight is 284 g/mol. The molecule has 0 amide bonds. The van der Waals surface area contributed by atoms with Crippen LogP contribution in [0, 0.1) is 5.92 Å². The number of halogens is 1. The minimum atomic E-state index is 0.768. The van der Waals surface area contributed by atoms with E-state index in [-0.39, 0.29) is 0 Å². The highest BCUT2D eigenvalue weighted by atomic mass is 79.9. The molecule has 1 aliphatic heterocycles. The molecular weight excluding hydrogens is 266 g/mol. The Morgan fingerprint density at radius 2 is 2.44 bits per heavy atom. The van der Waals surface area contributed by atoms with Gasteiger partial charge in [0.1, 0.15) is 5.82 Å². The van der Waals surface area contributed by atoms with E-state index in [0.29, 0.717) is 0 Å². The van der Waals surface area contributed by atoms with Crippen LogP contribution in [0.5, 0.6) is 0 Å². The predicted molar refractivity (Wildman–Crippen MR) is 70.8 cm³/mol. The van der Waals surface area contributed by atoms with Crippen molar-refractivity contribution in [2.24, 2.45) is 5.92 Å². The zero-order chi connectivity index (χ0) is 11.5. The van der Waals surface area contributed by atoms with Crippen molar-refractivity contribution in [3.63, 3.8) is 0 Å². The first-order valence-electron chi connectivity index (χ1n) is 5.67. The molecule has 1 aromatic rings. The van der Waals surface area contributed by atoms with Gasteiger partial charge < -0.3 is 9.80 Å². The molecule has 1 fully saturated rings. The third-order valence-corrected chi connectivity index (χ3v) is 3.74. The van der Waals surface area contributed by atoms with Gasteiger partial charge in [0.15, 0.2) is 0 Å². The number of pyridine rings is 1. The lowest BCUT2D eigenvalue weighted by Crippen LogP contribution is -2.28. The molecule has 4 heteroatoms. The Kier molecular flexibility index (Phi) is 3.82. The van der Waals surface area contributed by atoms with Gasteiger partial charge in [0.25, 0.3) is 0 Å². The van der Waals surface area contributed by atoms with Gasteiger partial charge >= 0.3 is 0 Å². The maximum atomic E-state index is 4.40. The van der Waals surface area contributed by atoms with Gasteiger partial charge in [-0.15, -0.1) is 0 Å². The fourth-order valence-electron chi connectivity index (χ4n) is 2.31. The quantitative estimate of drug-likeness (QED) is 0.848. The van der Waals surface area contributed by atoms with Gasteiger partial charge in [0.05, 0.1) is 4.47 Å². The third-order valence-electron chi connectivity index (χ3n) is 3.12. The molecule has 2 heterocycles. The number of hydrogen-bond acceptors (Lipinski definition) is 3. The number of nitrogens with zero attached hydrogens (tertiary/aromatic N) is 3. The largest absolute Gasteiger partial charge is 0.358 e. The Balaban J connectivity index is 1.98. The maximum absolute atomic E-state index is 4.40. The number of likely N-dealkylation sites (tertiary alicyclic amines) is 1. The maximum Gasteiger partial charge on any atom is 0.142 e. The van der Waals surface area contributed by atoms with Crippen molar-refractivity contribution in [1.82, 2.24) is 9.88 Å². The highest BCUT2D eigenvalue weighted by molar-refractivity contribution is 9.10. The minimum Gasteiger partial charge on any atom is -0.358 e. The molecule has 0 N–H and O–H groups in total. The fraction of sp³-hybridized carbons (Fsp3) is 0.583. The number of rotatable bonds is 3. The smallest absolute Gasteiger partial charge is 0.142 e. The second-order valence-corrected chi connectivity index (χ2v) is 5.46. The summed E-state index contributed by atoms with van der Waals surface area (Å²) in [5.74, 6) is 1.81. The molecular formula is C12H18BrN3. The fourth-order valence-corrected chi connectivity index (χ4v) is 2.87. The van der Waals surface area contributed by atoms with Gasteiger partial charge in [-0.1, -0.05) is 0 Å². The first-order chi connectivity index (χ1) is 7.66. The second kappa shape index (κ2) is 5.15. The van der Waals surface area contributed by atoms with Crippen molar-refractivity contribution in [2.45, 2.75) is 6.42 Å². The summed E-state index contributed by atoms with van der Waals surface area (Å²) < 4.78 is 1.07. The lowest BCUT2D eigenvalue weighted by molar-refractivity contribution is 0.395. The first kappa shape index (κ1) is 11.9. The summed E-state index contributed by atoms with van der Waals surface area (Å²) in [4.78, 5) is 9.04. The summed E-state index contributed by atoms with van der Waals surface area (Å²) >= 11 is 3.54. The van der Waals surface area contributed by atoms with E-state index >= 15 is 0 Å². The molecule has 16 heavy (non-hydrogen) atoms. The van der Waals surface area contributed by atoms with Gasteiger partial charge in [-0.25, -0.2) is 4.98 Å². The van der Waals surface area contributed by atoms with E-state index in [1.54, 1.807) is 0 Å². The lowest BCUT2D eigenvalue weighted by Gasteiger charge is -2.22. The summed E-state index contributed by atoms with van der Waals surface area (Å²) in [7, 11) is 4.31. The normalized spacial score (nSPS) is 21.3. The molecule has 2 rings (SSSR count). The van der Waals surface area contributed by atoms with Gasteiger partial charge in [0, 0.05) is 26.3 Å². The summed E-state index contributed by atoms with van der Waals surface area (Å²) in [6.07, 6.45) is 3.14. The van der Waals surface area contributed by atoms with Crippen molar-refractivity contribution >= 4 is 21.7 Å². The highest BCUT2D eigenvalue weighted by Gasteiger charge is 2.21. The number of aromatic nitrogens is 1. The summed E-state index contributed by atoms with van der Waals surface area (Å²) in [5, 5.41) is 0. The standard InChI is InChI=1S/C12H18BrN3/c1-15-7-5-10(8-15)9-16(2)12-11(13)4-3-6-14-12/h3-4,6,10H,5,7-9H2,1-2H3. The van der Waals surface area contributed by atoms with Crippen molar-refractivity contribution in [3.05, 3.63) is 22.8 Å². The van der Waals surface area contributed by atoms with Gasteiger partial charge in [-0.3, -0.25) is 0 Å². The molecule has 1 saturated heterocycles. The van der Waals surface area contributed by atoms with Gasteiger partial charge in [-0.05, 0) is 54.0 Å². The van der Waals surface area contributed by atoms with Crippen LogP contribution in [0.25, 0.3) is 0 Å². The van der Waals surface area contributed by atoms with Crippen LogP contribution in [0.4, 0.5) is 5.82 Å².